The zero-order valence-corrected chi connectivity index (χ0v) is 13.3. The third-order valence-corrected chi connectivity index (χ3v) is 5.17. The fourth-order valence-electron chi connectivity index (χ4n) is 2.01. The van der Waals surface area contributed by atoms with E-state index in [0.717, 1.165) is 19.6 Å². The van der Waals surface area contributed by atoms with Crippen LogP contribution in [0.25, 0.3) is 0 Å². The van der Waals surface area contributed by atoms with E-state index in [9.17, 15) is 0 Å². The summed E-state index contributed by atoms with van der Waals surface area (Å²) in [6.07, 6.45) is 0. The van der Waals surface area contributed by atoms with Crippen molar-refractivity contribution in [2.75, 3.05) is 23.7 Å². The number of anilines is 1. The minimum absolute atomic E-state index is 0.347. The molecule has 1 fully saturated rings. The van der Waals surface area contributed by atoms with E-state index < -0.39 is 0 Å². The third-order valence-electron chi connectivity index (χ3n) is 2.93. The predicted octanol–water partition coefficient (Wildman–Crippen LogP) is 2.97. The molecule has 1 saturated heterocycles. The molecule has 0 radical (unpaired) electrons. The maximum absolute atomic E-state index is 4.74. The smallest absolute Gasteiger partial charge is 0.185 e. The second-order valence-electron chi connectivity index (χ2n) is 5.69. The molecule has 0 unspecified atom stereocenters. The highest BCUT2D eigenvalue weighted by molar-refractivity contribution is 8.00. The summed E-state index contributed by atoms with van der Waals surface area (Å²) in [5, 5.41) is 6.78. The maximum Gasteiger partial charge on any atom is 0.185 e. The lowest BCUT2D eigenvalue weighted by atomic mass is 10.2. The molecule has 3 nitrogen and oxygen atoms in total. The first-order valence-corrected chi connectivity index (χ1v) is 8.39. The van der Waals surface area contributed by atoms with Crippen molar-refractivity contribution in [3.05, 3.63) is 11.1 Å². The lowest BCUT2D eigenvalue weighted by Crippen LogP contribution is -2.43. The summed E-state index contributed by atoms with van der Waals surface area (Å²) < 4.78 is 0.347. The van der Waals surface area contributed by atoms with E-state index in [0.29, 0.717) is 10.8 Å². The summed E-state index contributed by atoms with van der Waals surface area (Å²) in [6, 6.07) is 0.514. The van der Waals surface area contributed by atoms with Gasteiger partial charge in [-0.25, -0.2) is 4.98 Å². The number of nitrogens with zero attached hydrogens (tertiary/aromatic N) is 2. The number of thiazole rings is 1. The van der Waals surface area contributed by atoms with Crippen molar-refractivity contribution in [2.45, 2.75) is 45.0 Å². The summed E-state index contributed by atoms with van der Waals surface area (Å²) in [5.74, 6) is 1.20. The molecular formula is C13H23N3S2. The number of aromatic nitrogens is 1. The highest BCUT2D eigenvalue weighted by Crippen LogP contribution is 2.33. The molecule has 5 heteroatoms. The number of hydrogen-bond acceptors (Lipinski definition) is 5. The molecule has 0 saturated carbocycles. The van der Waals surface area contributed by atoms with Crippen molar-refractivity contribution in [1.82, 2.24) is 10.3 Å². The Hall–Kier alpha value is -0.260. The predicted molar refractivity (Wildman–Crippen MR) is 82.8 cm³/mol. The molecule has 2 rings (SSSR count). The van der Waals surface area contributed by atoms with Gasteiger partial charge in [0.25, 0.3) is 0 Å². The van der Waals surface area contributed by atoms with Gasteiger partial charge in [-0.3, -0.25) is 0 Å². The summed E-state index contributed by atoms with van der Waals surface area (Å²) in [5.41, 5.74) is 1.17. The number of rotatable bonds is 4. The monoisotopic (exact) mass is 285 g/mol. The van der Waals surface area contributed by atoms with Crippen LogP contribution < -0.4 is 10.2 Å². The molecule has 1 aromatic heterocycles. The summed E-state index contributed by atoms with van der Waals surface area (Å²) in [7, 11) is 0. The van der Waals surface area contributed by atoms with Gasteiger partial charge in [-0.15, -0.1) is 11.3 Å². The van der Waals surface area contributed by atoms with Crippen molar-refractivity contribution in [1.29, 1.82) is 0 Å². The van der Waals surface area contributed by atoms with E-state index in [1.54, 1.807) is 11.3 Å². The van der Waals surface area contributed by atoms with Crippen LogP contribution in [0.5, 0.6) is 0 Å². The highest BCUT2D eigenvalue weighted by Gasteiger charge is 2.28. The van der Waals surface area contributed by atoms with E-state index in [-0.39, 0.29) is 0 Å². The quantitative estimate of drug-likeness (QED) is 0.920. The van der Waals surface area contributed by atoms with Crippen molar-refractivity contribution in [3.63, 3.8) is 0 Å². The largest absolute Gasteiger partial charge is 0.346 e. The zero-order chi connectivity index (χ0) is 13.2. The summed E-state index contributed by atoms with van der Waals surface area (Å²) >= 11 is 3.84. The van der Waals surface area contributed by atoms with Crippen LogP contribution >= 0.6 is 23.1 Å². The minimum Gasteiger partial charge on any atom is -0.346 e. The third kappa shape index (κ3) is 3.87. The molecule has 102 valence electrons. The second kappa shape index (κ2) is 5.80. The van der Waals surface area contributed by atoms with E-state index in [1.807, 2.05) is 0 Å². The van der Waals surface area contributed by atoms with Crippen LogP contribution in [0.15, 0.2) is 5.38 Å². The molecule has 0 spiro atoms. The Morgan fingerprint density at radius 1 is 1.50 bits per heavy atom. The molecule has 0 amide bonds. The molecule has 2 heterocycles. The average molecular weight is 285 g/mol. The van der Waals surface area contributed by atoms with Crippen LogP contribution in [0.4, 0.5) is 5.13 Å². The average Bonchev–Trinajstić information content (AvgIpc) is 2.73. The zero-order valence-electron chi connectivity index (χ0n) is 11.7. The van der Waals surface area contributed by atoms with Crippen molar-refractivity contribution >= 4 is 28.2 Å². The first-order chi connectivity index (χ1) is 8.46. The van der Waals surface area contributed by atoms with Gasteiger partial charge >= 0.3 is 0 Å². The van der Waals surface area contributed by atoms with Gasteiger partial charge in [0.15, 0.2) is 5.13 Å². The number of hydrogen-bond donors (Lipinski definition) is 1. The van der Waals surface area contributed by atoms with Gasteiger partial charge < -0.3 is 10.2 Å². The molecule has 1 aliphatic heterocycles. The maximum atomic E-state index is 4.74. The molecule has 1 aromatic rings. The van der Waals surface area contributed by atoms with Gasteiger partial charge in [-0.2, -0.15) is 11.8 Å². The highest BCUT2D eigenvalue weighted by atomic mass is 32.2. The first-order valence-electron chi connectivity index (χ1n) is 6.53. The SMILES string of the molecule is CC(C)NCc1csc(N2CCSC(C)(C)C2)n1. The summed E-state index contributed by atoms with van der Waals surface area (Å²) in [4.78, 5) is 7.17. The molecule has 0 aliphatic carbocycles. The van der Waals surface area contributed by atoms with E-state index in [4.69, 9.17) is 4.98 Å². The fourth-order valence-corrected chi connectivity index (χ4v) is 3.97. The van der Waals surface area contributed by atoms with Crippen LogP contribution in [0, 0.1) is 0 Å². The number of nitrogens with one attached hydrogen (secondary N) is 1. The lowest BCUT2D eigenvalue weighted by molar-refractivity contribution is 0.582. The molecule has 0 atom stereocenters. The molecule has 1 aliphatic rings. The topological polar surface area (TPSA) is 28.2 Å². The molecular weight excluding hydrogens is 262 g/mol. The van der Waals surface area contributed by atoms with E-state index in [2.05, 4.69) is 55.1 Å². The van der Waals surface area contributed by atoms with Crippen molar-refractivity contribution in [3.8, 4) is 0 Å². The van der Waals surface area contributed by atoms with Gasteiger partial charge in [0.2, 0.25) is 0 Å². The van der Waals surface area contributed by atoms with Crippen molar-refractivity contribution in [2.24, 2.45) is 0 Å². The van der Waals surface area contributed by atoms with Gasteiger partial charge in [-0.1, -0.05) is 13.8 Å². The fraction of sp³-hybridized carbons (Fsp3) is 0.769. The van der Waals surface area contributed by atoms with Crippen molar-refractivity contribution < 1.29 is 0 Å². The number of thioether (sulfide) groups is 1. The summed E-state index contributed by atoms with van der Waals surface area (Å²) in [6.45, 7) is 12.1. The van der Waals surface area contributed by atoms with E-state index >= 15 is 0 Å². The van der Waals surface area contributed by atoms with Crippen LogP contribution in [0.2, 0.25) is 0 Å². The molecule has 0 aromatic carbocycles. The Morgan fingerprint density at radius 3 is 2.94 bits per heavy atom. The normalized spacial score (nSPS) is 19.5. The minimum atomic E-state index is 0.347. The lowest BCUT2D eigenvalue weighted by Gasteiger charge is -2.37. The van der Waals surface area contributed by atoms with Crippen LogP contribution in [-0.2, 0) is 6.54 Å². The van der Waals surface area contributed by atoms with E-state index in [1.165, 1.54) is 16.6 Å². The van der Waals surface area contributed by atoms with Gasteiger partial charge in [0.05, 0.1) is 5.69 Å². The van der Waals surface area contributed by atoms with Crippen LogP contribution in [-0.4, -0.2) is 34.6 Å². The Balaban J connectivity index is 1.97. The second-order valence-corrected chi connectivity index (χ2v) is 8.33. The van der Waals surface area contributed by atoms with Gasteiger partial charge in [0, 0.05) is 41.6 Å². The first kappa shape index (κ1) is 14.2. The standard InChI is InChI=1S/C13H23N3S2/c1-10(2)14-7-11-8-17-12(15-11)16-5-6-18-13(3,4)9-16/h8,10,14H,5-7,9H2,1-4H3. The Morgan fingerprint density at radius 2 is 2.28 bits per heavy atom. The Bertz CT molecular complexity index is 387. The molecule has 1 N–H and O–H groups in total. The molecule has 0 bridgehead atoms. The Labute approximate surface area is 118 Å². The van der Waals surface area contributed by atoms with Gasteiger partial charge in [-0.05, 0) is 13.8 Å². The Kier molecular flexibility index (Phi) is 4.56. The van der Waals surface area contributed by atoms with Crippen LogP contribution in [0.1, 0.15) is 33.4 Å². The van der Waals surface area contributed by atoms with Crippen LogP contribution in [0.3, 0.4) is 0 Å². The van der Waals surface area contributed by atoms with Gasteiger partial charge in [0.1, 0.15) is 0 Å². The molecule has 18 heavy (non-hydrogen) atoms.